The summed E-state index contributed by atoms with van der Waals surface area (Å²) in [6.45, 7) is 6.68. The predicted molar refractivity (Wildman–Crippen MR) is 66.9 cm³/mol. The highest BCUT2D eigenvalue weighted by Crippen LogP contribution is 2.03. The first-order valence-electron chi connectivity index (χ1n) is 5.74. The molecule has 0 aliphatic heterocycles. The number of hydrogen-bond acceptors (Lipinski definition) is 3. The third-order valence-corrected chi connectivity index (χ3v) is 2.31. The van der Waals surface area contributed by atoms with Gasteiger partial charge in [-0.25, -0.2) is 4.79 Å². The van der Waals surface area contributed by atoms with Crippen LogP contribution < -0.4 is 10.6 Å². The molecule has 0 radical (unpaired) electrons. The fourth-order valence-electron chi connectivity index (χ4n) is 1.15. The van der Waals surface area contributed by atoms with Crippen LogP contribution in [0.15, 0.2) is 11.1 Å². The minimum absolute atomic E-state index is 0.000804. The maximum atomic E-state index is 11.5. The molecule has 18 heavy (non-hydrogen) atoms. The SMILES string of the molecule is CC(C(=O)O)=C(C)C(=O)NCCC(=O)NC(C)C. The first-order valence-corrected chi connectivity index (χ1v) is 5.74. The van der Waals surface area contributed by atoms with Gasteiger partial charge in [-0.3, -0.25) is 9.59 Å². The van der Waals surface area contributed by atoms with Crippen molar-refractivity contribution in [3.63, 3.8) is 0 Å². The minimum Gasteiger partial charge on any atom is -0.478 e. The van der Waals surface area contributed by atoms with Crippen LogP contribution in [0.2, 0.25) is 0 Å². The van der Waals surface area contributed by atoms with E-state index in [2.05, 4.69) is 10.6 Å². The molecule has 0 saturated heterocycles. The van der Waals surface area contributed by atoms with Crippen LogP contribution in [0, 0.1) is 0 Å². The number of hydrogen-bond donors (Lipinski definition) is 3. The van der Waals surface area contributed by atoms with Crippen molar-refractivity contribution in [2.75, 3.05) is 6.54 Å². The van der Waals surface area contributed by atoms with Gasteiger partial charge in [-0.15, -0.1) is 0 Å². The molecule has 0 atom stereocenters. The third kappa shape index (κ3) is 6.03. The van der Waals surface area contributed by atoms with Crippen molar-refractivity contribution < 1.29 is 19.5 Å². The van der Waals surface area contributed by atoms with Gasteiger partial charge in [0.15, 0.2) is 0 Å². The zero-order valence-electron chi connectivity index (χ0n) is 11.2. The number of nitrogens with one attached hydrogen (secondary N) is 2. The van der Waals surface area contributed by atoms with E-state index in [4.69, 9.17) is 5.11 Å². The van der Waals surface area contributed by atoms with Crippen LogP contribution in [0.5, 0.6) is 0 Å². The van der Waals surface area contributed by atoms with Gasteiger partial charge in [0.2, 0.25) is 11.8 Å². The largest absolute Gasteiger partial charge is 0.478 e. The van der Waals surface area contributed by atoms with Crippen LogP contribution in [-0.2, 0) is 14.4 Å². The first-order chi connectivity index (χ1) is 8.25. The van der Waals surface area contributed by atoms with E-state index in [1.807, 2.05) is 13.8 Å². The highest BCUT2D eigenvalue weighted by Gasteiger charge is 2.12. The normalized spacial score (nSPS) is 11.8. The van der Waals surface area contributed by atoms with Crippen molar-refractivity contribution in [3.05, 3.63) is 11.1 Å². The molecule has 0 aromatic carbocycles. The topological polar surface area (TPSA) is 95.5 Å². The maximum Gasteiger partial charge on any atom is 0.331 e. The smallest absolute Gasteiger partial charge is 0.331 e. The molecule has 0 bridgehead atoms. The summed E-state index contributed by atoms with van der Waals surface area (Å²) in [7, 11) is 0. The number of carboxylic acid groups (broad SMARTS) is 1. The van der Waals surface area contributed by atoms with Crippen LogP contribution in [0.25, 0.3) is 0 Å². The van der Waals surface area contributed by atoms with E-state index < -0.39 is 11.9 Å². The summed E-state index contributed by atoms with van der Waals surface area (Å²) < 4.78 is 0. The Balaban J connectivity index is 4.17. The second kappa shape index (κ2) is 7.47. The van der Waals surface area contributed by atoms with Crippen molar-refractivity contribution in [2.24, 2.45) is 0 Å². The van der Waals surface area contributed by atoms with Crippen LogP contribution in [0.4, 0.5) is 0 Å². The molecule has 0 saturated carbocycles. The van der Waals surface area contributed by atoms with Crippen molar-refractivity contribution >= 4 is 17.8 Å². The quantitative estimate of drug-likeness (QED) is 0.601. The number of amides is 2. The molecular formula is C12H20N2O4. The molecule has 6 nitrogen and oxygen atoms in total. The lowest BCUT2D eigenvalue weighted by atomic mass is 10.1. The van der Waals surface area contributed by atoms with E-state index >= 15 is 0 Å². The van der Waals surface area contributed by atoms with Gasteiger partial charge in [0, 0.05) is 30.2 Å². The highest BCUT2D eigenvalue weighted by atomic mass is 16.4. The van der Waals surface area contributed by atoms with Gasteiger partial charge in [0.1, 0.15) is 0 Å². The Morgan fingerprint density at radius 3 is 2.11 bits per heavy atom. The van der Waals surface area contributed by atoms with Crippen LogP contribution in [0.3, 0.4) is 0 Å². The lowest BCUT2D eigenvalue weighted by Gasteiger charge is -2.09. The zero-order valence-corrected chi connectivity index (χ0v) is 11.2. The van der Waals surface area contributed by atoms with Gasteiger partial charge in [0.05, 0.1) is 0 Å². The Morgan fingerprint density at radius 2 is 1.67 bits per heavy atom. The number of carbonyl (C=O) groups is 3. The minimum atomic E-state index is -1.12. The summed E-state index contributed by atoms with van der Waals surface area (Å²) >= 11 is 0. The van der Waals surface area contributed by atoms with Gasteiger partial charge in [-0.2, -0.15) is 0 Å². The van der Waals surface area contributed by atoms with Gasteiger partial charge in [-0.05, 0) is 27.7 Å². The van der Waals surface area contributed by atoms with Crippen molar-refractivity contribution in [1.29, 1.82) is 0 Å². The number of rotatable bonds is 6. The van der Waals surface area contributed by atoms with Gasteiger partial charge in [-0.1, -0.05) is 0 Å². The summed E-state index contributed by atoms with van der Waals surface area (Å²) in [4.78, 5) is 33.5. The lowest BCUT2D eigenvalue weighted by molar-refractivity contribution is -0.133. The molecule has 2 amide bonds. The van der Waals surface area contributed by atoms with E-state index in [0.29, 0.717) is 0 Å². The standard InChI is InChI=1S/C12H20N2O4/c1-7(2)14-10(15)5-6-13-11(16)8(3)9(4)12(17)18/h7H,5-6H2,1-4H3,(H,13,16)(H,14,15)(H,17,18). The van der Waals surface area contributed by atoms with E-state index in [-0.39, 0.29) is 36.1 Å². The fraction of sp³-hybridized carbons (Fsp3) is 0.583. The molecule has 0 aromatic rings. The molecular weight excluding hydrogens is 236 g/mol. The molecule has 3 N–H and O–H groups in total. The molecule has 0 aliphatic carbocycles. The molecule has 0 fully saturated rings. The number of carbonyl (C=O) groups excluding carboxylic acids is 2. The lowest BCUT2D eigenvalue weighted by Crippen LogP contribution is -2.34. The Bertz CT molecular complexity index is 372. The summed E-state index contributed by atoms with van der Waals surface area (Å²) in [5.74, 6) is -1.74. The molecule has 0 unspecified atom stereocenters. The monoisotopic (exact) mass is 256 g/mol. The average molecular weight is 256 g/mol. The van der Waals surface area contributed by atoms with E-state index in [9.17, 15) is 14.4 Å². The van der Waals surface area contributed by atoms with Crippen LogP contribution in [-0.4, -0.2) is 35.5 Å². The summed E-state index contributed by atoms with van der Waals surface area (Å²) in [6, 6.07) is 0.0593. The van der Waals surface area contributed by atoms with Crippen molar-refractivity contribution in [3.8, 4) is 0 Å². The maximum absolute atomic E-state index is 11.5. The molecule has 0 aromatic heterocycles. The summed E-state index contributed by atoms with van der Waals surface area (Å²) in [5, 5.41) is 13.9. The van der Waals surface area contributed by atoms with E-state index in [1.54, 1.807) is 0 Å². The second-order valence-electron chi connectivity index (χ2n) is 4.28. The Morgan fingerprint density at radius 1 is 1.11 bits per heavy atom. The molecule has 0 heterocycles. The summed E-state index contributed by atoms with van der Waals surface area (Å²) in [6.07, 6.45) is 0.170. The zero-order chi connectivity index (χ0) is 14.3. The van der Waals surface area contributed by atoms with Gasteiger partial charge < -0.3 is 15.7 Å². The Hall–Kier alpha value is -1.85. The Kier molecular flexibility index (Phi) is 6.70. The van der Waals surface area contributed by atoms with Gasteiger partial charge in [0.25, 0.3) is 0 Å². The number of carboxylic acids is 1. The number of aliphatic carboxylic acids is 1. The van der Waals surface area contributed by atoms with Crippen molar-refractivity contribution in [1.82, 2.24) is 10.6 Å². The fourth-order valence-corrected chi connectivity index (χ4v) is 1.15. The molecule has 6 heteroatoms. The molecule has 0 rings (SSSR count). The van der Waals surface area contributed by atoms with Crippen LogP contribution in [0.1, 0.15) is 34.1 Å². The highest BCUT2D eigenvalue weighted by molar-refractivity contribution is 6.01. The average Bonchev–Trinajstić information content (AvgIpc) is 2.25. The Labute approximate surface area is 106 Å². The van der Waals surface area contributed by atoms with E-state index in [1.165, 1.54) is 13.8 Å². The summed E-state index contributed by atoms with van der Waals surface area (Å²) in [5.41, 5.74) is 0.144. The van der Waals surface area contributed by atoms with Gasteiger partial charge >= 0.3 is 5.97 Å². The van der Waals surface area contributed by atoms with Crippen LogP contribution >= 0.6 is 0 Å². The van der Waals surface area contributed by atoms with Crippen molar-refractivity contribution in [2.45, 2.75) is 40.2 Å². The first kappa shape index (κ1) is 16.1. The predicted octanol–water partition coefficient (Wildman–Crippen LogP) is 0.438. The molecule has 0 spiro atoms. The molecule has 102 valence electrons. The second-order valence-corrected chi connectivity index (χ2v) is 4.28. The van der Waals surface area contributed by atoms with E-state index in [0.717, 1.165) is 0 Å². The molecule has 0 aliphatic rings. The third-order valence-electron chi connectivity index (χ3n) is 2.31.